The van der Waals surface area contributed by atoms with E-state index < -0.39 is 42.3 Å². The second kappa shape index (κ2) is 6.53. The summed E-state index contributed by atoms with van der Waals surface area (Å²) in [4.78, 5) is 23.4. The molecule has 2 atom stereocenters. The summed E-state index contributed by atoms with van der Waals surface area (Å²) in [5.41, 5.74) is -0.670. The van der Waals surface area contributed by atoms with Gasteiger partial charge in [-0.2, -0.15) is 13.2 Å². The van der Waals surface area contributed by atoms with Crippen molar-refractivity contribution in [1.29, 1.82) is 0 Å². The van der Waals surface area contributed by atoms with Crippen molar-refractivity contribution in [3.63, 3.8) is 0 Å². The summed E-state index contributed by atoms with van der Waals surface area (Å²) in [5.74, 6) is -1.34. The van der Waals surface area contributed by atoms with Gasteiger partial charge < -0.3 is 15.4 Å². The van der Waals surface area contributed by atoms with E-state index in [-0.39, 0.29) is 0 Å². The average Bonchev–Trinajstić information content (AvgIpc) is 2.70. The fraction of sp³-hybridized carbons (Fsp3) is 0.846. The van der Waals surface area contributed by atoms with E-state index in [0.717, 1.165) is 0 Å². The van der Waals surface area contributed by atoms with E-state index in [1.54, 1.807) is 20.8 Å². The maximum atomic E-state index is 12.1. The fourth-order valence-corrected chi connectivity index (χ4v) is 2.22. The van der Waals surface area contributed by atoms with Crippen molar-refractivity contribution in [2.75, 3.05) is 6.54 Å². The van der Waals surface area contributed by atoms with Gasteiger partial charge in [0.05, 0.1) is 5.92 Å². The Morgan fingerprint density at radius 3 is 2.33 bits per heavy atom. The van der Waals surface area contributed by atoms with Crippen molar-refractivity contribution in [1.82, 2.24) is 10.6 Å². The molecule has 8 heteroatoms. The molecule has 1 saturated carbocycles. The van der Waals surface area contributed by atoms with E-state index in [0.29, 0.717) is 19.3 Å². The predicted octanol–water partition coefficient (Wildman–Crippen LogP) is 2.36. The number of carbonyl (C=O) groups is 2. The second-order valence-corrected chi connectivity index (χ2v) is 6.12. The molecule has 1 fully saturated rings. The van der Waals surface area contributed by atoms with Crippen LogP contribution in [0, 0.1) is 5.92 Å². The van der Waals surface area contributed by atoms with Gasteiger partial charge in [-0.05, 0) is 33.6 Å². The van der Waals surface area contributed by atoms with Crippen LogP contribution in [0.15, 0.2) is 0 Å². The maximum Gasteiger partial charge on any atom is 0.407 e. The van der Waals surface area contributed by atoms with Gasteiger partial charge >= 0.3 is 12.3 Å². The molecule has 1 rings (SSSR count). The molecular weight excluding hydrogens is 289 g/mol. The highest BCUT2D eigenvalue weighted by atomic mass is 19.4. The van der Waals surface area contributed by atoms with Crippen LogP contribution in [0.3, 0.4) is 0 Å². The minimum atomic E-state index is -4.44. The first-order valence-corrected chi connectivity index (χ1v) is 6.82. The lowest BCUT2D eigenvalue weighted by molar-refractivity contribution is -0.141. The second-order valence-electron chi connectivity index (χ2n) is 6.12. The zero-order valence-electron chi connectivity index (χ0n) is 12.3. The molecule has 0 bridgehead atoms. The number of hydrogen-bond acceptors (Lipinski definition) is 3. The Balaban J connectivity index is 2.51. The normalized spacial score (nSPS) is 22.8. The van der Waals surface area contributed by atoms with Crippen LogP contribution in [-0.2, 0) is 9.53 Å². The van der Waals surface area contributed by atoms with Crippen LogP contribution in [0.5, 0.6) is 0 Å². The van der Waals surface area contributed by atoms with Crippen LogP contribution in [-0.4, -0.2) is 36.4 Å². The number of alkyl carbamates (subject to hydrolysis) is 1. The van der Waals surface area contributed by atoms with Gasteiger partial charge in [0.1, 0.15) is 12.1 Å². The van der Waals surface area contributed by atoms with E-state index in [9.17, 15) is 22.8 Å². The maximum absolute atomic E-state index is 12.1. The van der Waals surface area contributed by atoms with Crippen molar-refractivity contribution in [2.24, 2.45) is 5.92 Å². The summed E-state index contributed by atoms with van der Waals surface area (Å²) in [6, 6.07) is -0.493. The molecule has 0 aromatic heterocycles. The van der Waals surface area contributed by atoms with Gasteiger partial charge in [-0.25, -0.2) is 4.79 Å². The molecule has 5 nitrogen and oxygen atoms in total. The van der Waals surface area contributed by atoms with Gasteiger partial charge in [0.2, 0.25) is 5.91 Å². The Bertz CT molecular complexity index is 391. The van der Waals surface area contributed by atoms with Crippen LogP contribution in [0.1, 0.15) is 40.0 Å². The first-order valence-electron chi connectivity index (χ1n) is 6.82. The molecule has 1 aliphatic carbocycles. The molecule has 0 heterocycles. The molecule has 122 valence electrons. The molecule has 0 spiro atoms. The highest BCUT2D eigenvalue weighted by Crippen LogP contribution is 2.26. The Labute approximate surface area is 121 Å². The van der Waals surface area contributed by atoms with E-state index in [1.165, 1.54) is 0 Å². The van der Waals surface area contributed by atoms with Crippen LogP contribution >= 0.6 is 0 Å². The highest BCUT2D eigenvalue weighted by Gasteiger charge is 2.36. The number of nitrogens with one attached hydrogen (secondary N) is 2. The molecule has 1 aliphatic rings. The Morgan fingerprint density at radius 2 is 1.81 bits per heavy atom. The molecule has 0 aromatic rings. The lowest BCUT2D eigenvalue weighted by Crippen LogP contribution is -2.47. The van der Waals surface area contributed by atoms with Crippen molar-refractivity contribution >= 4 is 12.0 Å². The first-order chi connectivity index (χ1) is 9.48. The van der Waals surface area contributed by atoms with Gasteiger partial charge in [0.15, 0.2) is 0 Å². The summed E-state index contributed by atoms with van der Waals surface area (Å²) in [7, 11) is 0. The highest BCUT2D eigenvalue weighted by molar-refractivity contribution is 5.80. The molecule has 0 saturated heterocycles. The van der Waals surface area contributed by atoms with Crippen molar-refractivity contribution in [2.45, 2.75) is 57.9 Å². The molecule has 2 N–H and O–H groups in total. The topological polar surface area (TPSA) is 67.4 Å². The fourth-order valence-electron chi connectivity index (χ4n) is 2.22. The SMILES string of the molecule is CC(C)(C)OC(=O)N[C@@H]1CCC[C@H]1C(=O)NCC(F)(F)F. The summed E-state index contributed by atoms with van der Waals surface area (Å²) >= 11 is 0. The molecule has 21 heavy (non-hydrogen) atoms. The molecular formula is C13H21F3N2O3. The van der Waals surface area contributed by atoms with E-state index >= 15 is 0 Å². The number of carbonyl (C=O) groups excluding carboxylic acids is 2. The third-order valence-electron chi connectivity index (χ3n) is 3.02. The number of alkyl halides is 3. The largest absolute Gasteiger partial charge is 0.444 e. The number of hydrogen-bond donors (Lipinski definition) is 2. The molecule has 0 aliphatic heterocycles. The van der Waals surface area contributed by atoms with Gasteiger partial charge in [-0.15, -0.1) is 0 Å². The Hall–Kier alpha value is -1.47. The summed E-state index contributed by atoms with van der Waals surface area (Å²) in [6.07, 6.45) is -3.44. The van der Waals surface area contributed by atoms with Gasteiger partial charge in [-0.1, -0.05) is 6.42 Å². The minimum Gasteiger partial charge on any atom is -0.444 e. The zero-order chi connectivity index (χ0) is 16.3. The third kappa shape index (κ3) is 6.68. The van der Waals surface area contributed by atoms with Crippen LogP contribution in [0.25, 0.3) is 0 Å². The summed E-state index contributed by atoms with van der Waals surface area (Å²) < 4.78 is 41.4. The summed E-state index contributed by atoms with van der Waals surface area (Å²) in [6.45, 7) is 3.75. The van der Waals surface area contributed by atoms with E-state index in [4.69, 9.17) is 4.74 Å². The third-order valence-corrected chi connectivity index (χ3v) is 3.02. The van der Waals surface area contributed by atoms with Crippen LogP contribution < -0.4 is 10.6 Å². The van der Waals surface area contributed by atoms with Crippen LogP contribution in [0.4, 0.5) is 18.0 Å². The Morgan fingerprint density at radius 1 is 1.19 bits per heavy atom. The summed E-state index contributed by atoms with van der Waals surface area (Å²) in [5, 5.41) is 4.42. The monoisotopic (exact) mass is 310 g/mol. The lowest BCUT2D eigenvalue weighted by Gasteiger charge is -2.24. The van der Waals surface area contributed by atoms with E-state index in [1.807, 2.05) is 5.32 Å². The standard InChI is InChI=1S/C13H21F3N2O3/c1-12(2,3)21-11(20)18-9-6-4-5-8(9)10(19)17-7-13(14,15)16/h8-9H,4-7H2,1-3H3,(H,17,19)(H,18,20)/t8-,9-/m1/s1. The molecule has 0 unspecified atom stereocenters. The number of rotatable bonds is 3. The number of amides is 2. The first kappa shape index (κ1) is 17.6. The van der Waals surface area contributed by atoms with Crippen LogP contribution in [0.2, 0.25) is 0 Å². The number of halogens is 3. The average molecular weight is 310 g/mol. The van der Waals surface area contributed by atoms with Crippen molar-refractivity contribution in [3.8, 4) is 0 Å². The lowest BCUT2D eigenvalue weighted by atomic mass is 10.0. The smallest absolute Gasteiger partial charge is 0.407 e. The molecule has 0 radical (unpaired) electrons. The van der Waals surface area contributed by atoms with Gasteiger partial charge in [-0.3, -0.25) is 4.79 Å². The molecule has 0 aromatic carbocycles. The Kier molecular flexibility index (Phi) is 5.47. The van der Waals surface area contributed by atoms with Gasteiger partial charge in [0, 0.05) is 6.04 Å². The van der Waals surface area contributed by atoms with E-state index in [2.05, 4.69) is 5.32 Å². The van der Waals surface area contributed by atoms with Crippen molar-refractivity contribution < 1.29 is 27.5 Å². The quantitative estimate of drug-likeness (QED) is 0.841. The van der Waals surface area contributed by atoms with Gasteiger partial charge in [0.25, 0.3) is 0 Å². The van der Waals surface area contributed by atoms with Crippen molar-refractivity contribution in [3.05, 3.63) is 0 Å². The predicted molar refractivity (Wildman–Crippen MR) is 69.6 cm³/mol. The molecule has 2 amide bonds. The number of ether oxygens (including phenoxy) is 1. The zero-order valence-corrected chi connectivity index (χ0v) is 12.3. The minimum absolute atomic E-state index is 0.449.